The van der Waals surface area contributed by atoms with Gasteiger partial charge in [0.05, 0.1) is 4.90 Å². The van der Waals surface area contributed by atoms with E-state index in [1.54, 1.807) is 0 Å². The van der Waals surface area contributed by atoms with Gasteiger partial charge in [0, 0.05) is 16.1 Å². The van der Waals surface area contributed by atoms with Crippen LogP contribution in [-0.2, 0) is 10.0 Å². The molecule has 1 aromatic rings. The number of halogens is 1. The Hall–Kier alpha value is -1.11. The predicted octanol–water partition coefficient (Wildman–Crippen LogP) is 2.69. The maximum absolute atomic E-state index is 12.4. The molecule has 0 fully saturated rings. The molecule has 0 unspecified atom stereocenters. The van der Waals surface area contributed by atoms with Crippen molar-refractivity contribution in [2.75, 3.05) is 0 Å². The summed E-state index contributed by atoms with van der Waals surface area (Å²) in [5.74, 6) is -0.354. The third-order valence-corrected chi connectivity index (χ3v) is 4.98. The normalized spacial score (nSPS) is 12.2. The van der Waals surface area contributed by atoms with Gasteiger partial charge in [-0.25, -0.2) is 13.6 Å². The molecule has 0 aliphatic carbocycles. The van der Waals surface area contributed by atoms with E-state index in [4.69, 9.17) is 16.7 Å². The van der Waals surface area contributed by atoms with Crippen molar-refractivity contribution in [1.29, 1.82) is 0 Å². The van der Waals surface area contributed by atoms with Crippen molar-refractivity contribution in [2.24, 2.45) is 5.14 Å². The molecule has 5 nitrogen and oxygen atoms in total. The lowest BCUT2D eigenvalue weighted by molar-refractivity contribution is 0.0888. The summed E-state index contributed by atoms with van der Waals surface area (Å²) in [6, 6.07) is 3.89. The number of primary sulfonamides is 1. The highest BCUT2D eigenvalue weighted by atomic mass is 35.5. The van der Waals surface area contributed by atoms with Gasteiger partial charge in [0.25, 0.3) is 5.91 Å². The van der Waals surface area contributed by atoms with Gasteiger partial charge in [-0.15, -0.1) is 0 Å². The van der Waals surface area contributed by atoms with Gasteiger partial charge in [0.1, 0.15) is 0 Å². The number of rotatable bonds is 6. The fourth-order valence-electron chi connectivity index (χ4n) is 2.19. The molecule has 0 atom stereocenters. The minimum Gasteiger partial charge on any atom is -0.347 e. The van der Waals surface area contributed by atoms with Crippen LogP contribution in [0.25, 0.3) is 0 Å². The van der Waals surface area contributed by atoms with Gasteiger partial charge in [0.15, 0.2) is 0 Å². The van der Waals surface area contributed by atoms with E-state index in [2.05, 4.69) is 5.32 Å². The molecule has 3 N–H and O–H groups in total. The Kier molecular flexibility index (Phi) is 5.78. The lowest BCUT2D eigenvalue weighted by Crippen LogP contribution is -2.47. The van der Waals surface area contributed by atoms with Gasteiger partial charge in [-0.1, -0.05) is 32.4 Å². The summed E-state index contributed by atoms with van der Waals surface area (Å²) in [5.41, 5.74) is -0.118. The number of nitrogens with one attached hydrogen (secondary N) is 1. The molecule has 0 radical (unpaired) electrons. The lowest BCUT2D eigenvalue weighted by atomic mass is 9.89. The van der Waals surface area contributed by atoms with E-state index in [1.807, 2.05) is 20.8 Å². The fourth-order valence-corrected chi connectivity index (χ4v) is 3.07. The second kappa shape index (κ2) is 6.77. The van der Waals surface area contributed by atoms with Gasteiger partial charge in [0.2, 0.25) is 10.0 Å². The summed E-state index contributed by atoms with van der Waals surface area (Å²) in [5, 5.41) is 8.21. The van der Waals surface area contributed by atoms with Gasteiger partial charge in [-0.3, -0.25) is 4.79 Å². The Morgan fingerprint density at radius 2 is 1.71 bits per heavy atom. The number of carbonyl (C=O) groups is 1. The monoisotopic (exact) mass is 332 g/mol. The van der Waals surface area contributed by atoms with Crippen molar-refractivity contribution in [3.05, 3.63) is 28.8 Å². The van der Waals surface area contributed by atoms with E-state index < -0.39 is 10.0 Å². The Labute approximate surface area is 130 Å². The number of nitrogens with two attached hydrogens (primary N) is 1. The molecule has 1 aromatic carbocycles. The smallest absolute Gasteiger partial charge is 0.251 e. The molecule has 0 aromatic heterocycles. The Bertz CT molecular complexity index is 617. The van der Waals surface area contributed by atoms with Gasteiger partial charge >= 0.3 is 0 Å². The largest absolute Gasteiger partial charge is 0.347 e. The second-order valence-corrected chi connectivity index (χ2v) is 7.01. The first-order valence-electron chi connectivity index (χ1n) is 6.83. The first-order chi connectivity index (χ1) is 9.67. The van der Waals surface area contributed by atoms with Crippen molar-refractivity contribution >= 4 is 27.5 Å². The number of carbonyl (C=O) groups excluding carboxylic acids is 1. The van der Waals surface area contributed by atoms with E-state index in [0.717, 1.165) is 19.3 Å². The molecule has 0 saturated carbocycles. The van der Waals surface area contributed by atoms with Gasteiger partial charge in [-0.2, -0.15) is 0 Å². The zero-order chi connectivity index (χ0) is 16.3. The summed E-state index contributed by atoms with van der Waals surface area (Å²) in [4.78, 5) is 12.2. The van der Waals surface area contributed by atoms with E-state index in [9.17, 15) is 13.2 Å². The van der Waals surface area contributed by atoms with Crippen LogP contribution in [0.15, 0.2) is 23.1 Å². The molecular formula is C14H21ClN2O3S. The quantitative estimate of drug-likeness (QED) is 0.839. The molecule has 0 aliphatic heterocycles. The Balaban J connectivity index is 3.17. The first kappa shape index (κ1) is 17.9. The number of sulfonamides is 1. The molecule has 1 rings (SSSR count). The molecule has 0 heterocycles. The molecule has 0 bridgehead atoms. The minimum absolute atomic E-state index is 0.154. The standard InChI is InChI=1S/C14H21ClN2O3S/c1-4-14(5-2,6-3)17-13(18)10-7-11(15)9-12(8-10)21(16,19)20/h7-9H,4-6H2,1-3H3,(H,17,18)(H2,16,19,20). The highest BCUT2D eigenvalue weighted by Crippen LogP contribution is 2.22. The molecule has 0 spiro atoms. The summed E-state index contributed by atoms with van der Waals surface area (Å²) in [6.07, 6.45) is 2.36. The van der Waals surface area contributed by atoms with Crippen LogP contribution in [0, 0.1) is 0 Å². The summed E-state index contributed by atoms with van der Waals surface area (Å²) in [6.45, 7) is 6.00. The van der Waals surface area contributed by atoms with Crippen LogP contribution in [0.2, 0.25) is 5.02 Å². The Morgan fingerprint density at radius 3 is 2.14 bits per heavy atom. The van der Waals surface area contributed by atoms with Crippen LogP contribution in [0.1, 0.15) is 50.4 Å². The number of hydrogen-bond acceptors (Lipinski definition) is 3. The summed E-state index contributed by atoms with van der Waals surface area (Å²) >= 11 is 5.87. The van der Waals surface area contributed by atoms with Crippen molar-refractivity contribution in [3.8, 4) is 0 Å². The second-order valence-electron chi connectivity index (χ2n) is 5.02. The van der Waals surface area contributed by atoms with Crippen molar-refractivity contribution in [1.82, 2.24) is 5.32 Å². The lowest BCUT2D eigenvalue weighted by Gasteiger charge is -2.31. The summed E-state index contributed by atoms with van der Waals surface area (Å²) < 4.78 is 22.8. The SMILES string of the molecule is CCC(CC)(CC)NC(=O)c1cc(Cl)cc(S(N)(=O)=O)c1. The minimum atomic E-state index is -3.91. The molecule has 7 heteroatoms. The maximum atomic E-state index is 12.4. The number of benzene rings is 1. The van der Waals surface area contributed by atoms with Crippen LogP contribution in [0.5, 0.6) is 0 Å². The van der Waals surface area contributed by atoms with Crippen molar-refractivity contribution in [3.63, 3.8) is 0 Å². The molecule has 0 aliphatic rings. The van der Waals surface area contributed by atoms with Crippen molar-refractivity contribution < 1.29 is 13.2 Å². The van der Waals surface area contributed by atoms with Crippen LogP contribution in [-0.4, -0.2) is 19.9 Å². The predicted molar refractivity (Wildman–Crippen MR) is 83.9 cm³/mol. The third-order valence-electron chi connectivity index (χ3n) is 3.87. The van der Waals surface area contributed by atoms with Gasteiger partial charge in [-0.05, 0) is 37.5 Å². The molecular weight excluding hydrogens is 312 g/mol. The van der Waals surface area contributed by atoms with Crippen LogP contribution in [0.4, 0.5) is 0 Å². The zero-order valence-electron chi connectivity index (χ0n) is 12.4. The van der Waals surface area contributed by atoms with Gasteiger partial charge < -0.3 is 5.32 Å². The third kappa shape index (κ3) is 4.43. The number of amides is 1. The average Bonchev–Trinajstić information content (AvgIpc) is 2.43. The van der Waals surface area contributed by atoms with Crippen LogP contribution >= 0.6 is 11.6 Å². The fraction of sp³-hybridized carbons (Fsp3) is 0.500. The van der Waals surface area contributed by atoms with E-state index in [-0.39, 0.29) is 26.9 Å². The highest BCUT2D eigenvalue weighted by Gasteiger charge is 2.26. The van der Waals surface area contributed by atoms with Crippen LogP contribution in [0.3, 0.4) is 0 Å². The maximum Gasteiger partial charge on any atom is 0.251 e. The topological polar surface area (TPSA) is 89.3 Å². The highest BCUT2D eigenvalue weighted by molar-refractivity contribution is 7.89. The van der Waals surface area contributed by atoms with Crippen molar-refractivity contribution in [2.45, 2.75) is 50.5 Å². The van der Waals surface area contributed by atoms with Crippen LogP contribution < -0.4 is 10.5 Å². The van der Waals surface area contributed by atoms with E-state index in [1.165, 1.54) is 18.2 Å². The molecule has 1 amide bonds. The summed E-state index contributed by atoms with van der Waals surface area (Å²) in [7, 11) is -3.91. The Morgan fingerprint density at radius 1 is 1.19 bits per heavy atom. The molecule has 118 valence electrons. The molecule has 0 saturated heterocycles. The van der Waals surface area contributed by atoms with E-state index in [0.29, 0.717) is 0 Å². The van der Waals surface area contributed by atoms with E-state index >= 15 is 0 Å². The zero-order valence-corrected chi connectivity index (χ0v) is 14.0. The first-order valence-corrected chi connectivity index (χ1v) is 8.75. The average molecular weight is 333 g/mol. The number of hydrogen-bond donors (Lipinski definition) is 2. The molecule has 21 heavy (non-hydrogen) atoms.